The van der Waals surface area contributed by atoms with Crippen LogP contribution in [0, 0.1) is 5.92 Å². The Bertz CT molecular complexity index is 484. The van der Waals surface area contributed by atoms with Crippen LogP contribution in [0.25, 0.3) is 0 Å². The maximum atomic E-state index is 5.67. The fourth-order valence-corrected chi connectivity index (χ4v) is 2.00. The molecular weight excluding hydrogens is 282 g/mol. The Kier molecular flexibility index (Phi) is 6.36. The third-order valence-electron chi connectivity index (χ3n) is 3.63. The fourth-order valence-electron chi connectivity index (χ4n) is 2.00. The highest BCUT2D eigenvalue weighted by Crippen LogP contribution is 2.18. The third kappa shape index (κ3) is 4.80. The molecule has 1 aromatic carbocycles. The van der Waals surface area contributed by atoms with E-state index in [0.29, 0.717) is 19.1 Å². The van der Waals surface area contributed by atoms with Gasteiger partial charge in [0.1, 0.15) is 13.4 Å². The number of aliphatic imine (C=N–C) groups is 1. The average molecular weight is 307 g/mol. The van der Waals surface area contributed by atoms with Crippen molar-refractivity contribution in [3.05, 3.63) is 35.4 Å². The quantitative estimate of drug-likeness (QED) is 0.547. The van der Waals surface area contributed by atoms with Gasteiger partial charge in [-0.25, -0.2) is 4.99 Å². The van der Waals surface area contributed by atoms with Crippen LogP contribution >= 0.6 is 0 Å². The van der Waals surface area contributed by atoms with Gasteiger partial charge in [-0.05, 0) is 30.5 Å². The first kappa shape index (κ1) is 16.9. The minimum absolute atomic E-state index is 0.211. The van der Waals surface area contributed by atoms with Gasteiger partial charge in [0.05, 0.1) is 12.6 Å². The molecule has 2 atom stereocenters. The molecule has 0 spiro atoms. The molecular formula is C17H25NO4. The van der Waals surface area contributed by atoms with Crippen molar-refractivity contribution < 1.29 is 18.9 Å². The van der Waals surface area contributed by atoms with E-state index in [-0.39, 0.29) is 19.1 Å². The summed E-state index contributed by atoms with van der Waals surface area (Å²) in [4.78, 5) is 4.62. The van der Waals surface area contributed by atoms with Gasteiger partial charge in [0.2, 0.25) is 5.90 Å². The van der Waals surface area contributed by atoms with Crippen LogP contribution in [0.2, 0.25) is 0 Å². The number of methoxy groups -OCH3 is 1. The van der Waals surface area contributed by atoms with Crippen molar-refractivity contribution in [2.24, 2.45) is 10.9 Å². The van der Waals surface area contributed by atoms with Gasteiger partial charge in [-0.3, -0.25) is 0 Å². The van der Waals surface area contributed by atoms with Crippen LogP contribution < -0.4 is 0 Å². The molecule has 0 bridgehead atoms. The standard InChI is InChI=1S/C17H25NO4/c1-12(2)16-10-21-17(18-16)15-7-5-14(6-8-15)9-20-11-22-13(3)19-4/h5-8,12-13,16H,9-11H2,1-4H3/t13?,16-/m1/s1. The van der Waals surface area contributed by atoms with Crippen molar-refractivity contribution in [1.82, 2.24) is 0 Å². The minimum atomic E-state index is -0.256. The highest BCUT2D eigenvalue weighted by Gasteiger charge is 2.22. The monoisotopic (exact) mass is 307 g/mol. The molecule has 0 saturated heterocycles. The smallest absolute Gasteiger partial charge is 0.216 e. The largest absolute Gasteiger partial charge is 0.475 e. The summed E-state index contributed by atoms with van der Waals surface area (Å²) in [6.07, 6.45) is -0.256. The maximum absolute atomic E-state index is 5.67. The van der Waals surface area contributed by atoms with E-state index in [1.54, 1.807) is 7.11 Å². The molecule has 2 rings (SSSR count). The average Bonchev–Trinajstić information content (AvgIpc) is 3.02. The maximum Gasteiger partial charge on any atom is 0.216 e. The molecule has 5 nitrogen and oxygen atoms in total. The Hall–Kier alpha value is -1.43. The summed E-state index contributed by atoms with van der Waals surface area (Å²) < 4.78 is 21.4. The lowest BCUT2D eigenvalue weighted by atomic mass is 10.1. The van der Waals surface area contributed by atoms with E-state index in [1.807, 2.05) is 31.2 Å². The predicted octanol–water partition coefficient (Wildman–Crippen LogP) is 2.97. The predicted molar refractivity (Wildman–Crippen MR) is 84.8 cm³/mol. The molecule has 1 heterocycles. The van der Waals surface area contributed by atoms with Crippen molar-refractivity contribution in [3.63, 3.8) is 0 Å². The van der Waals surface area contributed by atoms with Crippen LogP contribution in [-0.2, 0) is 25.6 Å². The molecule has 22 heavy (non-hydrogen) atoms. The van der Waals surface area contributed by atoms with Crippen LogP contribution in [0.1, 0.15) is 31.9 Å². The van der Waals surface area contributed by atoms with E-state index >= 15 is 0 Å². The second kappa shape index (κ2) is 8.27. The molecule has 5 heteroatoms. The SMILES string of the molecule is COC(C)OCOCc1ccc(C2=N[C@@H](C(C)C)CO2)cc1. The normalized spacial score (nSPS) is 19.1. The third-order valence-corrected chi connectivity index (χ3v) is 3.63. The molecule has 0 fully saturated rings. The number of rotatable bonds is 8. The Morgan fingerprint density at radius 2 is 1.95 bits per heavy atom. The van der Waals surface area contributed by atoms with Crippen LogP contribution in [0.4, 0.5) is 0 Å². The van der Waals surface area contributed by atoms with Crippen molar-refractivity contribution >= 4 is 5.90 Å². The molecule has 0 N–H and O–H groups in total. The topological polar surface area (TPSA) is 49.3 Å². The van der Waals surface area contributed by atoms with E-state index in [4.69, 9.17) is 18.9 Å². The molecule has 122 valence electrons. The minimum Gasteiger partial charge on any atom is -0.475 e. The summed E-state index contributed by atoms with van der Waals surface area (Å²) in [5.41, 5.74) is 2.09. The number of benzene rings is 1. The van der Waals surface area contributed by atoms with Gasteiger partial charge in [0.25, 0.3) is 0 Å². The van der Waals surface area contributed by atoms with Gasteiger partial charge < -0.3 is 18.9 Å². The highest BCUT2D eigenvalue weighted by molar-refractivity contribution is 5.95. The number of nitrogens with zero attached hydrogens (tertiary/aromatic N) is 1. The molecule has 1 aliphatic rings. The Morgan fingerprint density at radius 1 is 1.23 bits per heavy atom. The van der Waals surface area contributed by atoms with Gasteiger partial charge in [0, 0.05) is 12.7 Å². The van der Waals surface area contributed by atoms with Crippen molar-refractivity contribution in [2.45, 2.75) is 39.7 Å². The van der Waals surface area contributed by atoms with Crippen LogP contribution in [0.3, 0.4) is 0 Å². The Morgan fingerprint density at radius 3 is 2.55 bits per heavy atom. The molecule has 1 unspecified atom stereocenters. The molecule has 0 amide bonds. The second-order valence-electron chi connectivity index (χ2n) is 5.69. The summed E-state index contributed by atoms with van der Waals surface area (Å²) in [6.45, 7) is 7.53. The first-order valence-corrected chi connectivity index (χ1v) is 7.62. The molecule has 0 radical (unpaired) electrons. The first-order valence-electron chi connectivity index (χ1n) is 7.62. The summed E-state index contributed by atoms with van der Waals surface area (Å²) in [6, 6.07) is 8.32. The van der Waals surface area contributed by atoms with Gasteiger partial charge in [-0.1, -0.05) is 26.0 Å². The molecule has 1 aromatic rings. The summed E-state index contributed by atoms with van der Waals surface area (Å²) >= 11 is 0. The zero-order valence-corrected chi connectivity index (χ0v) is 13.7. The lowest BCUT2D eigenvalue weighted by Crippen LogP contribution is -2.13. The van der Waals surface area contributed by atoms with Crippen LogP contribution in [0.5, 0.6) is 0 Å². The molecule has 0 saturated carbocycles. The first-order chi connectivity index (χ1) is 10.6. The van der Waals surface area contributed by atoms with Crippen molar-refractivity contribution in [2.75, 3.05) is 20.5 Å². The lowest BCUT2D eigenvalue weighted by molar-refractivity contribution is -0.177. The van der Waals surface area contributed by atoms with Crippen molar-refractivity contribution in [1.29, 1.82) is 0 Å². The van der Waals surface area contributed by atoms with Gasteiger partial charge in [-0.15, -0.1) is 0 Å². The summed E-state index contributed by atoms with van der Waals surface area (Å²) in [5.74, 6) is 1.24. The zero-order chi connectivity index (χ0) is 15.9. The van der Waals surface area contributed by atoms with Gasteiger partial charge >= 0.3 is 0 Å². The van der Waals surface area contributed by atoms with E-state index in [0.717, 1.165) is 17.0 Å². The van der Waals surface area contributed by atoms with E-state index in [1.165, 1.54) is 0 Å². The summed E-state index contributed by atoms with van der Waals surface area (Å²) in [5, 5.41) is 0. The zero-order valence-electron chi connectivity index (χ0n) is 13.7. The van der Waals surface area contributed by atoms with Crippen LogP contribution in [-0.4, -0.2) is 38.7 Å². The summed E-state index contributed by atoms with van der Waals surface area (Å²) in [7, 11) is 1.60. The molecule has 0 aliphatic carbocycles. The van der Waals surface area contributed by atoms with E-state index in [9.17, 15) is 0 Å². The highest BCUT2D eigenvalue weighted by atomic mass is 16.7. The number of ether oxygens (including phenoxy) is 4. The van der Waals surface area contributed by atoms with Crippen molar-refractivity contribution in [3.8, 4) is 0 Å². The molecule has 0 aromatic heterocycles. The van der Waals surface area contributed by atoms with Gasteiger partial charge in [0.15, 0.2) is 6.29 Å². The Labute approximate surface area is 132 Å². The van der Waals surface area contributed by atoms with E-state index in [2.05, 4.69) is 18.8 Å². The van der Waals surface area contributed by atoms with Gasteiger partial charge in [-0.2, -0.15) is 0 Å². The Balaban J connectivity index is 1.82. The number of hydrogen-bond acceptors (Lipinski definition) is 5. The number of hydrogen-bond donors (Lipinski definition) is 0. The lowest BCUT2D eigenvalue weighted by Gasteiger charge is -2.11. The van der Waals surface area contributed by atoms with E-state index < -0.39 is 0 Å². The molecule has 1 aliphatic heterocycles. The second-order valence-corrected chi connectivity index (χ2v) is 5.69. The van der Waals surface area contributed by atoms with Crippen LogP contribution in [0.15, 0.2) is 29.3 Å². The fraction of sp³-hybridized carbons (Fsp3) is 0.588.